The van der Waals surface area contributed by atoms with E-state index in [4.69, 9.17) is 4.74 Å². The van der Waals surface area contributed by atoms with E-state index in [1.54, 1.807) is 0 Å². The summed E-state index contributed by atoms with van der Waals surface area (Å²) in [4.78, 5) is 13.2. The van der Waals surface area contributed by atoms with Gasteiger partial charge in [-0.1, -0.05) is 6.42 Å². The van der Waals surface area contributed by atoms with Crippen molar-refractivity contribution in [1.29, 1.82) is 0 Å². The maximum Gasteiger partial charge on any atom is 0.377 e. The SMILES string of the molecule is CNCCC1CCCCN1CC1CC(F)(F)C(=O)O1. The number of rotatable bonds is 5. The predicted molar refractivity (Wildman–Crippen MR) is 67.2 cm³/mol. The molecule has 0 aliphatic carbocycles. The molecule has 2 unspecified atom stereocenters. The van der Waals surface area contributed by atoms with Crippen LogP contribution in [0.15, 0.2) is 0 Å². The highest BCUT2D eigenvalue weighted by Gasteiger charge is 2.51. The maximum atomic E-state index is 13.1. The lowest BCUT2D eigenvalue weighted by Crippen LogP contribution is -2.44. The number of piperidine rings is 1. The Balaban J connectivity index is 1.87. The van der Waals surface area contributed by atoms with Gasteiger partial charge in [-0.2, -0.15) is 8.78 Å². The zero-order chi connectivity index (χ0) is 13.9. The van der Waals surface area contributed by atoms with Crippen LogP contribution in [-0.4, -0.2) is 55.6 Å². The molecule has 2 aliphatic rings. The third-order valence-electron chi connectivity index (χ3n) is 3.97. The van der Waals surface area contributed by atoms with Crippen LogP contribution in [0, 0.1) is 0 Å². The molecule has 0 amide bonds. The van der Waals surface area contributed by atoms with Crippen LogP contribution in [0.2, 0.25) is 0 Å². The zero-order valence-corrected chi connectivity index (χ0v) is 11.3. The Morgan fingerprint density at radius 3 is 2.89 bits per heavy atom. The van der Waals surface area contributed by atoms with Crippen molar-refractivity contribution >= 4 is 5.97 Å². The van der Waals surface area contributed by atoms with Crippen LogP contribution in [0.4, 0.5) is 8.78 Å². The van der Waals surface area contributed by atoms with Gasteiger partial charge in [0.15, 0.2) is 0 Å². The van der Waals surface area contributed by atoms with Crippen molar-refractivity contribution in [3.8, 4) is 0 Å². The van der Waals surface area contributed by atoms with Gasteiger partial charge in [-0.05, 0) is 39.4 Å². The van der Waals surface area contributed by atoms with Gasteiger partial charge in [-0.25, -0.2) is 4.79 Å². The highest BCUT2D eigenvalue weighted by molar-refractivity contribution is 5.79. The number of nitrogens with one attached hydrogen (secondary N) is 1. The second kappa shape index (κ2) is 6.13. The third kappa shape index (κ3) is 3.63. The monoisotopic (exact) mass is 276 g/mol. The van der Waals surface area contributed by atoms with Crippen LogP contribution in [0.1, 0.15) is 32.1 Å². The van der Waals surface area contributed by atoms with Gasteiger partial charge < -0.3 is 10.1 Å². The molecule has 0 saturated carbocycles. The number of esters is 1. The number of halogens is 2. The van der Waals surface area contributed by atoms with E-state index >= 15 is 0 Å². The first-order valence-corrected chi connectivity index (χ1v) is 7.00. The second-order valence-corrected chi connectivity index (χ2v) is 5.47. The van der Waals surface area contributed by atoms with Crippen molar-refractivity contribution in [2.75, 3.05) is 26.7 Å². The molecule has 19 heavy (non-hydrogen) atoms. The molecule has 0 spiro atoms. The van der Waals surface area contributed by atoms with Gasteiger partial charge >= 0.3 is 11.9 Å². The fourth-order valence-electron chi connectivity index (χ4n) is 2.95. The average molecular weight is 276 g/mol. The number of hydrogen-bond acceptors (Lipinski definition) is 4. The molecule has 6 heteroatoms. The largest absolute Gasteiger partial charge is 0.456 e. The lowest BCUT2D eigenvalue weighted by Gasteiger charge is -2.36. The molecular formula is C13H22F2N2O2. The van der Waals surface area contributed by atoms with Gasteiger partial charge in [-0.3, -0.25) is 4.90 Å². The Morgan fingerprint density at radius 2 is 2.26 bits per heavy atom. The second-order valence-electron chi connectivity index (χ2n) is 5.47. The maximum absolute atomic E-state index is 13.1. The summed E-state index contributed by atoms with van der Waals surface area (Å²) in [6.45, 7) is 2.27. The van der Waals surface area contributed by atoms with Gasteiger partial charge in [0.2, 0.25) is 0 Å². The number of likely N-dealkylation sites (tertiary alicyclic amines) is 1. The van der Waals surface area contributed by atoms with Crippen molar-refractivity contribution in [1.82, 2.24) is 10.2 Å². The minimum absolute atomic E-state index is 0.411. The summed E-state index contributed by atoms with van der Waals surface area (Å²) < 4.78 is 31.1. The highest BCUT2D eigenvalue weighted by atomic mass is 19.3. The van der Waals surface area contributed by atoms with Crippen molar-refractivity contribution in [2.45, 2.75) is 50.2 Å². The van der Waals surface area contributed by atoms with E-state index in [9.17, 15) is 13.6 Å². The number of cyclic esters (lactones) is 1. The van der Waals surface area contributed by atoms with Crippen LogP contribution < -0.4 is 5.32 Å². The molecule has 2 rings (SSSR count). The Labute approximate surface area is 112 Å². The zero-order valence-electron chi connectivity index (χ0n) is 11.3. The Kier molecular flexibility index (Phi) is 4.73. The molecule has 0 aromatic carbocycles. The number of nitrogens with zero attached hydrogens (tertiary/aromatic N) is 1. The molecule has 0 aromatic rings. The normalized spacial score (nSPS) is 31.4. The molecule has 1 N–H and O–H groups in total. The van der Waals surface area contributed by atoms with E-state index in [0.717, 1.165) is 32.4 Å². The summed E-state index contributed by atoms with van der Waals surface area (Å²) in [5.41, 5.74) is 0. The molecule has 2 aliphatic heterocycles. The van der Waals surface area contributed by atoms with E-state index in [1.807, 2.05) is 7.05 Å². The minimum Gasteiger partial charge on any atom is -0.456 e. The fraction of sp³-hybridized carbons (Fsp3) is 0.923. The molecule has 4 nitrogen and oxygen atoms in total. The molecule has 0 bridgehead atoms. The van der Waals surface area contributed by atoms with E-state index in [0.29, 0.717) is 12.6 Å². The first-order valence-electron chi connectivity index (χ1n) is 7.00. The van der Waals surface area contributed by atoms with Crippen LogP contribution in [0.25, 0.3) is 0 Å². The molecule has 2 saturated heterocycles. The molecular weight excluding hydrogens is 254 g/mol. The lowest BCUT2D eigenvalue weighted by atomic mass is 9.98. The van der Waals surface area contributed by atoms with Crippen molar-refractivity contribution in [2.24, 2.45) is 0 Å². The first-order chi connectivity index (χ1) is 9.03. The summed E-state index contributed by atoms with van der Waals surface area (Å²) in [6, 6.07) is 0.411. The topological polar surface area (TPSA) is 41.6 Å². The lowest BCUT2D eigenvalue weighted by molar-refractivity contribution is -0.159. The number of carbonyl (C=O) groups is 1. The number of alkyl halides is 2. The standard InChI is InChI=1S/C13H22F2N2O2/c1-16-6-5-10-4-2-3-7-17(10)9-11-8-13(14,15)12(18)19-11/h10-11,16H,2-9H2,1H3. The Hall–Kier alpha value is -0.750. The van der Waals surface area contributed by atoms with Gasteiger partial charge in [0.25, 0.3) is 0 Å². The minimum atomic E-state index is -3.29. The molecule has 2 fully saturated rings. The van der Waals surface area contributed by atoms with Crippen LogP contribution >= 0.6 is 0 Å². The Bertz CT molecular complexity index is 326. The summed E-state index contributed by atoms with van der Waals surface area (Å²) in [6.07, 6.45) is 3.25. The average Bonchev–Trinajstić information content (AvgIpc) is 2.61. The van der Waals surface area contributed by atoms with Gasteiger partial charge in [0.05, 0.1) is 6.42 Å². The van der Waals surface area contributed by atoms with Crippen LogP contribution in [-0.2, 0) is 9.53 Å². The van der Waals surface area contributed by atoms with Crippen LogP contribution in [0.3, 0.4) is 0 Å². The summed E-state index contributed by atoms with van der Waals surface area (Å²) in [5.74, 6) is -4.65. The number of carbonyl (C=O) groups excluding carboxylic acids is 1. The van der Waals surface area contributed by atoms with Gasteiger partial charge in [0, 0.05) is 12.6 Å². The quantitative estimate of drug-likeness (QED) is 0.771. The third-order valence-corrected chi connectivity index (χ3v) is 3.97. The van der Waals surface area contributed by atoms with E-state index in [1.165, 1.54) is 6.42 Å². The summed E-state index contributed by atoms with van der Waals surface area (Å²) >= 11 is 0. The van der Waals surface area contributed by atoms with E-state index in [2.05, 4.69) is 10.2 Å². The molecule has 2 atom stereocenters. The molecule has 0 aromatic heterocycles. The number of ether oxygens (including phenoxy) is 1. The van der Waals surface area contributed by atoms with Crippen molar-refractivity contribution in [3.05, 3.63) is 0 Å². The van der Waals surface area contributed by atoms with E-state index < -0.39 is 24.4 Å². The smallest absolute Gasteiger partial charge is 0.377 e. The van der Waals surface area contributed by atoms with Gasteiger partial charge in [0.1, 0.15) is 6.10 Å². The molecule has 0 radical (unpaired) electrons. The fourth-order valence-corrected chi connectivity index (χ4v) is 2.95. The summed E-state index contributed by atoms with van der Waals surface area (Å²) in [5, 5.41) is 3.12. The Morgan fingerprint density at radius 1 is 1.47 bits per heavy atom. The van der Waals surface area contributed by atoms with Gasteiger partial charge in [-0.15, -0.1) is 0 Å². The summed E-state index contributed by atoms with van der Waals surface area (Å²) in [7, 11) is 1.91. The van der Waals surface area contributed by atoms with Crippen LogP contribution in [0.5, 0.6) is 0 Å². The van der Waals surface area contributed by atoms with Crippen molar-refractivity contribution in [3.63, 3.8) is 0 Å². The van der Waals surface area contributed by atoms with E-state index in [-0.39, 0.29) is 0 Å². The number of hydrogen-bond donors (Lipinski definition) is 1. The predicted octanol–water partition coefficient (Wildman–Crippen LogP) is 1.40. The molecule has 110 valence electrons. The first kappa shape index (κ1) is 14.7. The highest BCUT2D eigenvalue weighted by Crippen LogP contribution is 2.32. The van der Waals surface area contributed by atoms with Crippen molar-refractivity contribution < 1.29 is 18.3 Å². The molecule has 2 heterocycles.